The van der Waals surface area contributed by atoms with Crippen LogP contribution in [0.15, 0.2) is 65.2 Å². The molecule has 2 heterocycles. The highest BCUT2D eigenvalue weighted by Gasteiger charge is 2.30. The van der Waals surface area contributed by atoms with E-state index in [1.165, 1.54) is 12.1 Å². The number of alkyl halides is 3. The summed E-state index contributed by atoms with van der Waals surface area (Å²) in [6, 6.07) is 15.3. The monoisotopic (exact) mass is 487 g/mol. The van der Waals surface area contributed by atoms with Gasteiger partial charge in [0, 0.05) is 30.0 Å². The van der Waals surface area contributed by atoms with Crippen LogP contribution in [-0.2, 0) is 11.0 Å². The molecule has 3 aromatic carbocycles. The molecule has 1 aromatic heterocycles. The van der Waals surface area contributed by atoms with Crippen molar-refractivity contribution in [3.8, 4) is 34.3 Å². The molecular weight excluding hydrogens is 467 g/mol. The van der Waals surface area contributed by atoms with E-state index in [2.05, 4.69) is 5.16 Å². The van der Waals surface area contributed by atoms with Crippen LogP contribution in [0.25, 0.3) is 22.2 Å². The molecule has 0 saturated heterocycles. The molecule has 4 aromatic rings. The molecule has 1 unspecified atom stereocenters. The van der Waals surface area contributed by atoms with Crippen molar-refractivity contribution in [3.63, 3.8) is 0 Å². The summed E-state index contributed by atoms with van der Waals surface area (Å²) in [7, 11) is 0. The second-order valence-electron chi connectivity index (χ2n) is 7.73. The fraction of sp³-hybridized carbons (Fsp3) is 0.200. The fourth-order valence-corrected chi connectivity index (χ4v) is 3.36. The molecule has 0 aliphatic carbocycles. The minimum atomic E-state index is -4.39. The van der Waals surface area contributed by atoms with Crippen LogP contribution < -0.4 is 14.2 Å². The van der Waals surface area contributed by atoms with Crippen molar-refractivity contribution in [1.29, 1.82) is 0 Å². The zero-order chi connectivity index (χ0) is 25.2. The molecule has 1 atom stereocenters. The molecule has 0 radical (unpaired) electrons. The molecule has 35 heavy (non-hydrogen) atoms. The molecule has 1 aliphatic rings. The number of hydrogen-bond donors (Lipinski definition) is 1. The normalized spacial score (nSPS) is 14.7. The Bertz CT molecular complexity index is 1340. The minimum Gasteiger partial charge on any atom is -0.486 e. The summed E-state index contributed by atoms with van der Waals surface area (Å²) >= 11 is 0. The Labute approximate surface area is 197 Å². The van der Waals surface area contributed by atoms with E-state index in [-0.39, 0.29) is 6.10 Å². The number of nitrogens with zero attached hydrogens (tertiary/aromatic N) is 1. The molecule has 182 valence electrons. The molecule has 0 amide bonds. The smallest absolute Gasteiger partial charge is 0.416 e. The molecule has 0 bridgehead atoms. The Morgan fingerprint density at radius 1 is 1.03 bits per heavy atom. The maximum Gasteiger partial charge on any atom is 0.416 e. The average molecular weight is 487 g/mol. The number of carboxylic acid groups (broad SMARTS) is 1. The van der Waals surface area contributed by atoms with Crippen molar-refractivity contribution in [2.75, 3.05) is 6.61 Å². The van der Waals surface area contributed by atoms with Crippen molar-refractivity contribution in [2.45, 2.75) is 26.1 Å². The third-order valence-electron chi connectivity index (χ3n) is 4.88. The standard InChI is InChI=1S/C23H16F3NO4.C2H4O2/c1-13-12-28-19-9-7-17(11-21(19)29-13)30-16-6-8-18-20(10-16)31-27-22(18)14-2-4-15(5-3-14)23(24,25)26;1-2(3)4/h2-11,13H,12H2,1H3;1H3,(H,3,4). The summed E-state index contributed by atoms with van der Waals surface area (Å²) in [5.74, 6) is 1.53. The molecule has 1 aliphatic heterocycles. The second-order valence-corrected chi connectivity index (χ2v) is 7.73. The quantitative estimate of drug-likeness (QED) is 0.350. The zero-order valence-electron chi connectivity index (χ0n) is 18.6. The van der Waals surface area contributed by atoms with E-state index >= 15 is 0 Å². The lowest BCUT2D eigenvalue weighted by Crippen LogP contribution is -2.25. The van der Waals surface area contributed by atoms with E-state index in [1.807, 2.05) is 6.92 Å². The Morgan fingerprint density at radius 2 is 1.69 bits per heavy atom. The van der Waals surface area contributed by atoms with Crippen LogP contribution in [0.4, 0.5) is 13.2 Å². The van der Waals surface area contributed by atoms with Gasteiger partial charge in [-0.1, -0.05) is 17.3 Å². The van der Waals surface area contributed by atoms with Crippen LogP contribution in [0.2, 0.25) is 0 Å². The number of fused-ring (bicyclic) bond motifs is 2. The number of hydrogen-bond acceptors (Lipinski definition) is 6. The topological polar surface area (TPSA) is 91.0 Å². The number of aliphatic carboxylic acids is 1. The predicted molar refractivity (Wildman–Crippen MR) is 120 cm³/mol. The summed E-state index contributed by atoms with van der Waals surface area (Å²) < 4.78 is 61.0. The number of rotatable bonds is 3. The first-order chi connectivity index (χ1) is 16.6. The lowest BCUT2D eigenvalue weighted by Gasteiger charge is -2.24. The van der Waals surface area contributed by atoms with Crippen LogP contribution >= 0.6 is 0 Å². The number of aromatic nitrogens is 1. The lowest BCUT2D eigenvalue weighted by molar-refractivity contribution is -0.137. The van der Waals surface area contributed by atoms with Crippen molar-refractivity contribution in [3.05, 3.63) is 66.2 Å². The third-order valence-corrected chi connectivity index (χ3v) is 4.88. The second kappa shape index (κ2) is 9.57. The van der Waals surface area contributed by atoms with Gasteiger partial charge in [0.05, 0.1) is 5.56 Å². The third kappa shape index (κ3) is 5.65. The van der Waals surface area contributed by atoms with Gasteiger partial charge in [-0.25, -0.2) is 0 Å². The van der Waals surface area contributed by atoms with Crippen LogP contribution in [-0.4, -0.2) is 28.9 Å². The summed E-state index contributed by atoms with van der Waals surface area (Å²) in [6.45, 7) is 3.50. The average Bonchev–Trinajstić information content (AvgIpc) is 3.21. The number of halogens is 3. The Balaban J connectivity index is 0.000000672. The van der Waals surface area contributed by atoms with Gasteiger partial charge < -0.3 is 23.8 Å². The molecule has 0 fully saturated rings. The number of carboxylic acids is 1. The zero-order valence-corrected chi connectivity index (χ0v) is 18.6. The Hall–Kier alpha value is -4.21. The van der Waals surface area contributed by atoms with E-state index in [0.29, 0.717) is 51.8 Å². The van der Waals surface area contributed by atoms with Crippen LogP contribution in [0.3, 0.4) is 0 Å². The maximum atomic E-state index is 12.8. The highest BCUT2D eigenvalue weighted by Crippen LogP contribution is 2.38. The predicted octanol–water partition coefficient (Wildman–Crippen LogP) is 6.56. The minimum absolute atomic E-state index is 0.0445. The lowest BCUT2D eigenvalue weighted by atomic mass is 10.1. The van der Waals surface area contributed by atoms with Crippen molar-refractivity contribution < 1.29 is 41.8 Å². The van der Waals surface area contributed by atoms with Crippen LogP contribution in [0.5, 0.6) is 23.0 Å². The molecule has 10 heteroatoms. The van der Waals surface area contributed by atoms with Gasteiger partial charge in [0.1, 0.15) is 29.9 Å². The van der Waals surface area contributed by atoms with Gasteiger partial charge in [0.2, 0.25) is 0 Å². The van der Waals surface area contributed by atoms with E-state index in [1.54, 1.807) is 36.4 Å². The van der Waals surface area contributed by atoms with Crippen molar-refractivity contribution in [1.82, 2.24) is 5.16 Å². The van der Waals surface area contributed by atoms with Gasteiger partial charge in [-0.3, -0.25) is 4.79 Å². The molecule has 7 nitrogen and oxygen atoms in total. The summed E-state index contributed by atoms with van der Waals surface area (Å²) in [5, 5.41) is 12.1. The first-order valence-electron chi connectivity index (χ1n) is 10.5. The van der Waals surface area contributed by atoms with Gasteiger partial charge in [0.25, 0.3) is 5.97 Å². The van der Waals surface area contributed by atoms with Gasteiger partial charge in [0.15, 0.2) is 17.1 Å². The SMILES string of the molecule is CC(=O)O.CC1COc2ccc(Oc3ccc4c(-c5ccc(C(F)(F)F)cc5)noc4c3)cc2O1. The molecule has 1 N–H and O–H groups in total. The van der Waals surface area contributed by atoms with Crippen molar-refractivity contribution in [2.24, 2.45) is 0 Å². The van der Waals surface area contributed by atoms with Gasteiger partial charge in [-0.15, -0.1) is 0 Å². The first-order valence-corrected chi connectivity index (χ1v) is 10.5. The van der Waals surface area contributed by atoms with E-state index < -0.39 is 17.7 Å². The van der Waals surface area contributed by atoms with Gasteiger partial charge >= 0.3 is 6.18 Å². The maximum absolute atomic E-state index is 12.8. The Kier molecular flexibility index (Phi) is 6.54. The van der Waals surface area contributed by atoms with Gasteiger partial charge in [-0.2, -0.15) is 13.2 Å². The van der Waals surface area contributed by atoms with Crippen LogP contribution in [0, 0.1) is 0 Å². The van der Waals surface area contributed by atoms with Crippen molar-refractivity contribution >= 4 is 16.9 Å². The largest absolute Gasteiger partial charge is 0.486 e. The fourth-order valence-electron chi connectivity index (χ4n) is 3.36. The molecular formula is C25H20F3NO6. The van der Waals surface area contributed by atoms with E-state index in [9.17, 15) is 13.2 Å². The number of benzene rings is 3. The van der Waals surface area contributed by atoms with Gasteiger partial charge in [-0.05, 0) is 43.3 Å². The first kappa shape index (κ1) is 23.9. The van der Waals surface area contributed by atoms with Crippen LogP contribution in [0.1, 0.15) is 19.4 Å². The summed E-state index contributed by atoms with van der Waals surface area (Å²) in [6.07, 6.45) is -4.43. The Morgan fingerprint density at radius 3 is 2.37 bits per heavy atom. The highest BCUT2D eigenvalue weighted by atomic mass is 19.4. The number of ether oxygens (including phenoxy) is 3. The molecule has 0 saturated carbocycles. The van der Waals surface area contributed by atoms with E-state index in [4.69, 9.17) is 28.6 Å². The summed E-state index contributed by atoms with van der Waals surface area (Å²) in [4.78, 5) is 9.00. The summed E-state index contributed by atoms with van der Waals surface area (Å²) in [5.41, 5.74) is 0.733. The highest BCUT2D eigenvalue weighted by molar-refractivity contribution is 5.92. The molecule has 0 spiro atoms. The number of carbonyl (C=O) groups is 1. The molecule has 5 rings (SSSR count). The van der Waals surface area contributed by atoms with E-state index in [0.717, 1.165) is 19.1 Å².